The molecule has 3 rings (SSSR count). The van der Waals surface area contributed by atoms with Gasteiger partial charge in [-0.15, -0.1) is 0 Å². The predicted molar refractivity (Wildman–Crippen MR) is 107 cm³/mol. The molecular weight excluding hydrogens is 374 g/mol. The minimum Gasteiger partial charge on any atom is -0.326 e. The summed E-state index contributed by atoms with van der Waals surface area (Å²) in [6, 6.07) is 14.0. The Hall–Kier alpha value is -2.69. The van der Waals surface area contributed by atoms with Gasteiger partial charge in [0, 0.05) is 24.7 Å². The van der Waals surface area contributed by atoms with E-state index < -0.39 is 10.0 Å². The second kappa shape index (κ2) is 8.13. The highest BCUT2D eigenvalue weighted by Gasteiger charge is 2.33. The maximum Gasteiger partial charge on any atom is 0.244 e. The number of rotatable bonds is 4. The molecule has 28 heavy (non-hydrogen) atoms. The molecule has 2 aromatic carbocycles. The van der Waals surface area contributed by atoms with E-state index in [9.17, 15) is 18.5 Å². The number of sulfonamides is 1. The van der Waals surface area contributed by atoms with Crippen LogP contribution in [-0.4, -0.2) is 31.7 Å². The van der Waals surface area contributed by atoms with E-state index in [1.54, 1.807) is 12.1 Å². The number of piperidine rings is 1. The first kappa shape index (κ1) is 20.1. The van der Waals surface area contributed by atoms with Crippen molar-refractivity contribution in [3.8, 4) is 6.07 Å². The number of hydrogen-bond donors (Lipinski definition) is 1. The van der Waals surface area contributed by atoms with Gasteiger partial charge in [0.25, 0.3) is 0 Å². The number of aryl methyl sites for hydroxylation is 2. The van der Waals surface area contributed by atoms with Crippen molar-refractivity contribution in [3.05, 3.63) is 59.2 Å². The monoisotopic (exact) mass is 397 g/mol. The fourth-order valence-electron chi connectivity index (χ4n) is 3.39. The van der Waals surface area contributed by atoms with Crippen LogP contribution in [0.1, 0.15) is 29.5 Å². The second-order valence-electron chi connectivity index (χ2n) is 7.09. The van der Waals surface area contributed by atoms with E-state index in [2.05, 4.69) is 5.32 Å². The van der Waals surface area contributed by atoms with E-state index in [-0.39, 0.29) is 35.4 Å². The van der Waals surface area contributed by atoms with Gasteiger partial charge >= 0.3 is 0 Å². The van der Waals surface area contributed by atoms with Gasteiger partial charge < -0.3 is 5.32 Å². The van der Waals surface area contributed by atoms with E-state index in [0.29, 0.717) is 12.8 Å². The van der Waals surface area contributed by atoms with E-state index in [4.69, 9.17) is 0 Å². The van der Waals surface area contributed by atoms with E-state index in [1.165, 1.54) is 16.4 Å². The lowest BCUT2D eigenvalue weighted by Crippen LogP contribution is -2.41. The van der Waals surface area contributed by atoms with Crippen LogP contribution in [0.25, 0.3) is 0 Å². The minimum absolute atomic E-state index is 0.0239. The molecule has 1 aliphatic rings. The molecule has 0 aliphatic carbocycles. The number of anilines is 1. The van der Waals surface area contributed by atoms with Crippen LogP contribution in [-0.2, 0) is 14.8 Å². The van der Waals surface area contributed by atoms with Crippen LogP contribution < -0.4 is 5.32 Å². The third-order valence-electron chi connectivity index (χ3n) is 5.10. The highest BCUT2D eigenvalue weighted by Crippen LogP contribution is 2.27. The summed E-state index contributed by atoms with van der Waals surface area (Å²) in [5.41, 5.74) is 2.99. The number of benzene rings is 2. The fourth-order valence-corrected chi connectivity index (χ4v) is 5.00. The van der Waals surface area contributed by atoms with E-state index in [0.717, 1.165) is 16.8 Å². The van der Waals surface area contributed by atoms with Crippen molar-refractivity contribution in [2.24, 2.45) is 5.92 Å². The Balaban J connectivity index is 1.68. The lowest BCUT2D eigenvalue weighted by atomic mass is 9.97. The Morgan fingerprint density at radius 2 is 1.82 bits per heavy atom. The third kappa shape index (κ3) is 4.08. The zero-order chi connectivity index (χ0) is 20.3. The molecule has 0 saturated carbocycles. The lowest BCUT2D eigenvalue weighted by molar-refractivity contribution is -0.120. The summed E-state index contributed by atoms with van der Waals surface area (Å²) >= 11 is 0. The summed E-state index contributed by atoms with van der Waals surface area (Å²) in [7, 11) is -3.75. The Kier molecular flexibility index (Phi) is 5.82. The molecule has 1 saturated heterocycles. The van der Waals surface area contributed by atoms with Crippen LogP contribution >= 0.6 is 0 Å². The average molecular weight is 398 g/mol. The number of nitrogens with zero attached hydrogens (tertiary/aromatic N) is 2. The van der Waals surface area contributed by atoms with Crippen molar-refractivity contribution < 1.29 is 13.2 Å². The SMILES string of the molecule is Cc1ccc(C)c(NC(=O)C2CCN(S(=O)(=O)c3ccccc3C#N)CC2)c1. The molecule has 0 bridgehead atoms. The van der Waals surface area contributed by atoms with Crippen molar-refractivity contribution in [3.63, 3.8) is 0 Å². The smallest absolute Gasteiger partial charge is 0.244 e. The van der Waals surface area contributed by atoms with Crippen LogP contribution in [0, 0.1) is 31.1 Å². The summed E-state index contributed by atoms with van der Waals surface area (Å²) in [4.78, 5) is 12.7. The number of amides is 1. The van der Waals surface area contributed by atoms with Crippen molar-refractivity contribution in [1.29, 1.82) is 5.26 Å². The topological polar surface area (TPSA) is 90.3 Å². The van der Waals surface area contributed by atoms with Crippen molar-refractivity contribution in [1.82, 2.24) is 4.31 Å². The fraction of sp³-hybridized carbons (Fsp3) is 0.333. The summed E-state index contributed by atoms with van der Waals surface area (Å²) in [6.45, 7) is 4.42. The second-order valence-corrected chi connectivity index (χ2v) is 9.00. The van der Waals surface area contributed by atoms with Gasteiger partial charge in [0.1, 0.15) is 6.07 Å². The van der Waals surface area contributed by atoms with Gasteiger partial charge in [0.2, 0.25) is 15.9 Å². The molecule has 1 fully saturated rings. The molecule has 0 unspecified atom stereocenters. The summed E-state index contributed by atoms with van der Waals surface area (Å²) < 4.78 is 27.1. The van der Waals surface area contributed by atoms with Gasteiger partial charge in [-0.1, -0.05) is 24.3 Å². The van der Waals surface area contributed by atoms with Crippen molar-refractivity contribution >= 4 is 21.6 Å². The minimum atomic E-state index is -3.75. The molecule has 146 valence electrons. The highest BCUT2D eigenvalue weighted by atomic mass is 32.2. The van der Waals surface area contributed by atoms with Crippen LogP contribution in [0.15, 0.2) is 47.4 Å². The van der Waals surface area contributed by atoms with Gasteiger partial charge in [-0.25, -0.2) is 8.42 Å². The summed E-state index contributed by atoms with van der Waals surface area (Å²) in [5.74, 6) is -0.319. The van der Waals surface area contributed by atoms with Gasteiger partial charge in [-0.05, 0) is 56.0 Å². The van der Waals surface area contributed by atoms with Crippen molar-refractivity contribution in [2.75, 3.05) is 18.4 Å². The molecule has 1 N–H and O–H groups in total. The van der Waals surface area contributed by atoms with Gasteiger partial charge in [0.15, 0.2) is 0 Å². The maximum absolute atomic E-state index is 12.9. The van der Waals surface area contributed by atoms with Crippen LogP contribution in [0.4, 0.5) is 5.69 Å². The van der Waals surface area contributed by atoms with Crippen LogP contribution in [0.2, 0.25) is 0 Å². The summed E-state index contributed by atoms with van der Waals surface area (Å²) in [6.07, 6.45) is 0.898. The molecule has 2 aromatic rings. The first-order valence-electron chi connectivity index (χ1n) is 9.20. The van der Waals surface area contributed by atoms with Gasteiger partial charge in [-0.2, -0.15) is 9.57 Å². The Bertz CT molecular complexity index is 1030. The molecule has 0 spiro atoms. The standard InChI is InChI=1S/C21H23N3O3S/c1-15-7-8-16(2)19(13-15)23-21(25)17-9-11-24(12-10-17)28(26,27)20-6-4-3-5-18(20)14-22/h3-8,13,17H,9-12H2,1-2H3,(H,23,25). The Morgan fingerprint density at radius 1 is 1.14 bits per heavy atom. The number of nitrogens with one attached hydrogen (secondary N) is 1. The third-order valence-corrected chi connectivity index (χ3v) is 7.06. The largest absolute Gasteiger partial charge is 0.326 e. The first-order valence-corrected chi connectivity index (χ1v) is 10.6. The predicted octanol–water partition coefficient (Wildman–Crippen LogP) is 3.21. The number of carbonyl (C=O) groups excluding carboxylic acids is 1. The van der Waals surface area contributed by atoms with Crippen LogP contribution in [0.5, 0.6) is 0 Å². The van der Waals surface area contributed by atoms with Crippen LogP contribution in [0.3, 0.4) is 0 Å². The zero-order valence-corrected chi connectivity index (χ0v) is 16.8. The van der Waals surface area contributed by atoms with E-state index >= 15 is 0 Å². The average Bonchev–Trinajstić information content (AvgIpc) is 2.70. The van der Waals surface area contributed by atoms with Gasteiger partial charge in [0.05, 0.1) is 10.5 Å². The first-order chi connectivity index (χ1) is 13.3. The Labute approximate surface area is 165 Å². The molecule has 6 nitrogen and oxygen atoms in total. The highest BCUT2D eigenvalue weighted by molar-refractivity contribution is 7.89. The molecule has 1 amide bonds. The number of hydrogen-bond acceptors (Lipinski definition) is 4. The molecule has 0 radical (unpaired) electrons. The maximum atomic E-state index is 12.9. The number of nitriles is 1. The van der Waals surface area contributed by atoms with Gasteiger partial charge in [-0.3, -0.25) is 4.79 Å². The molecule has 1 heterocycles. The molecule has 1 aliphatic heterocycles. The summed E-state index contributed by atoms with van der Waals surface area (Å²) in [5, 5.41) is 12.2. The molecule has 7 heteroatoms. The lowest BCUT2D eigenvalue weighted by Gasteiger charge is -2.30. The Morgan fingerprint density at radius 3 is 2.50 bits per heavy atom. The number of carbonyl (C=O) groups is 1. The zero-order valence-electron chi connectivity index (χ0n) is 16.0. The molecule has 0 aromatic heterocycles. The molecule has 0 atom stereocenters. The normalized spacial score (nSPS) is 15.8. The molecular formula is C21H23N3O3S. The quantitative estimate of drug-likeness (QED) is 0.858. The van der Waals surface area contributed by atoms with E-state index in [1.807, 2.05) is 38.1 Å². The van der Waals surface area contributed by atoms with Crippen molar-refractivity contribution in [2.45, 2.75) is 31.6 Å².